The van der Waals surface area contributed by atoms with Crippen molar-refractivity contribution in [2.45, 2.75) is 0 Å². The van der Waals surface area contributed by atoms with Gasteiger partial charge in [0.15, 0.2) is 5.95 Å². The first-order valence-corrected chi connectivity index (χ1v) is 4.44. The Morgan fingerprint density at radius 3 is 3.00 bits per heavy atom. The van der Waals surface area contributed by atoms with Gasteiger partial charge >= 0.3 is 0 Å². The molecule has 0 aliphatic rings. The van der Waals surface area contributed by atoms with Crippen molar-refractivity contribution in [2.75, 3.05) is 5.73 Å². The summed E-state index contributed by atoms with van der Waals surface area (Å²) in [7, 11) is 0. The number of halogens is 2. The van der Waals surface area contributed by atoms with Gasteiger partial charge in [-0.05, 0) is 28.1 Å². The summed E-state index contributed by atoms with van der Waals surface area (Å²) in [5.41, 5.74) is 7.12. The largest absolute Gasteiger partial charge is 0.369 e. The number of aromatic amines is 1. The summed E-state index contributed by atoms with van der Waals surface area (Å²) in [6, 6.07) is 3.56. The lowest BCUT2D eigenvalue weighted by Gasteiger charge is -1.92. The van der Waals surface area contributed by atoms with Crippen LogP contribution in [0.3, 0.4) is 0 Å². The van der Waals surface area contributed by atoms with E-state index in [1.807, 2.05) is 0 Å². The molecule has 1 aromatic heterocycles. The molecule has 3 nitrogen and oxygen atoms in total. The molecule has 0 atom stereocenters. The summed E-state index contributed by atoms with van der Waals surface area (Å²) in [4.78, 5) is 6.96. The Bertz CT molecular complexity index is 437. The number of hydrogen-bond acceptors (Lipinski definition) is 2. The van der Waals surface area contributed by atoms with Crippen LogP contribution in [0.2, 0.25) is 5.02 Å². The zero-order valence-electron chi connectivity index (χ0n) is 5.94. The van der Waals surface area contributed by atoms with Crippen LogP contribution in [0.15, 0.2) is 16.6 Å². The highest BCUT2D eigenvalue weighted by molar-refractivity contribution is 9.10. The lowest BCUT2D eigenvalue weighted by atomic mass is 10.3. The highest BCUT2D eigenvalue weighted by Gasteiger charge is 2.04. The van der Waals surface area contributed by atoms with Gasteiger partial charge in [0.2, 0.25) is 0 Å². The summed E-state index contributed by atoms with van der Waals surface area (Å²) in [5.74, 6) is 0.396. The van der Waals surface area contributed by atoms with Gasteiger partial charge in [-0.3, -0.25) is 0 Å². The SMILES string of the molecule is Nc1nc2c(Br)cc(Cl)cc2[nH]1. The highest BCUT2D eigenvalue weighted by Crippen LogP contribution is 2.26. The van der Waals surface area contributed by atoms with Crippen LogP contribution >= 0.6 is 27.5 Å². The summed E-state index contributed by atoms with van der Waals surface area (Å²) in [5, 5.41) is 0.651. The van der Waals surface area contributed by atoms with Crippen LogP contribution in [0.4, 0.5) is 5.95 Å². The van der Waals surface area contributed by atoms with E-state index in [1.54, 1.807) is 12.1 Å². The number of fused-ring (bicyclic) bond motifs is 1. The van der Waals surface area contributed by atoms with Gasteiger partial charge in [-0.25, -0.2) is 4.98 Å². The predicted octanol–water partition coefficient (Wildman–Crippen LogP) is 2.56. The second-order valence-electron chi connectivity index (χ2n) is 2.41. The van der Waals surface area contributed by atoms with Gasteiger partial charge in [0.1, 0.15) is 5.52 Å². The molecular formula is C7H5BrClN3. The molecule has 0 saturated heterocycles. The van der Waals surface area contributed by atoms with E-state index >= 15 is 0 Å². The number of aromatic nitrogens is 2. The van der Waals surface area contributed by atoms with E-state index in [4.69, 9.17) is 17.3 Å². The van der Waals surface area contributed by atoms with Gasteiger partial charge in [-0.2, -0.15) is 0 Å². The van der Waals surface area contributed by atoms with Gasteiger partial charge in [-0.15, -0.1) is 0 Å². The van der Waals surface area contributed by atoms with E-state index in [1.165, 1.54) is 0 Å². The molecule has 3 N–H and O–H groups in total. The Hall–Kier alpha value is -0.740. The van der Waals surface area contributed by atoms with Gasteiger partial charge in [0, 0.05) is 9.50 Å². The normalized spacial score (nSPS) is 10.8. The molecule has 5 heteroatoms. The maximum Gasteiger partial charge on any atom is 0.198 e. The van der Waals surface area contributed by atoms with Gasteiger partial charge in [0.05, 0.1) is 5.52 Å². The van der Waals surface area contributed by atoms with Crippen molar-refractivity contribution in [1.82, 2.24) is 9.97 Å². The summed E-state index contributed by atoms with van der Waals surface area (Å²) >= 11 is 9.15. The molecule has 1 aromatic carbocycles. The van der Waals surface area contributed by atoms with Crippen molar-refractivity contribution in [2.24, 2.45) is 0 Å². The minimum absolute atomic E-state index is 0.396. The molecule has 0 aliphatic heterocycles. The fourth-order valence-electron chi connectivity index (χ4n) is 1.06. The van der Waals surface area contributed by atoms with Crippen LogP contribution in [0.5, 0.6) is 0 Å². The Labute approximate surface area is 82.1 Å². The summed E-state index contributed by atoms with van der Waals surface area (Å²) < 4.78 is 0.845. The Morgan fingerprint density at radius 2 is 2.25 bits per heavy atom. The van der Waals surface area contributed by atoms with E-state index in [0.717, 1.165) is 15.5 Å². The smallest absolute Gasteiger partial charge is 0.198 e. The molecule has 0 radical (unpaired) electrons. The van der Waals surface area contributed by atoms with Crippen molar-refractivity contribution in [3.63, 3.8) is 0 Å². The second kappa shape index (κ2) is 2.64. The molecule has 0 bridgehead atoms. The third-order valence-electron chi connectivity index (χ3n) is 1.52. The first-order chi connectivity index (χ1) is 5.66. The number of H-pyrrole nitrogens is 1. The number of anilines is 1. The first-order valence-electron chi connectivity index (χ1n) is 3.27. The number of imidazole rings is 1. The molecule has 2 aromatic rings. The minimum atomic E-state index is 0.396. The van der Waals surface area contributed by atoms with E-state index in [-0.39, 0.29) is 0 Å². The molecule has 2 rings (SSSR count). The molecule has 0 saturated carbocycles. The van der Waals surface area contributed by atoms with E-state index < -0.39 is 0 Å². The Kier molecular flexibility index (Phi) is 1.73. The third-order valence-corrected chi connectivity index (χ3v) is 2.35. The van der Waals surface area contributed by atoms with Crippen molar-refractivity contribution in [3.8, 4) is 0 Å². The topological polar surface area (TPSA) is 54.7 Å². The monoisotopic (exact) mass is 245 g/mol. The van der Waals surface area contributed by atoms with Crippen LogP contribution in [-0.4, -0.2) is 9.97 Å². The summed E-state index contributed by atoms with van der Waals surface area (Å²) in [6.45, 7) is 0. The molecule has 0 unspecified atom stereocenters. The number of nitrogens with two attached hydrogens (primary N) is 1. The number of rotatable bonds is 0. The lowest BCUT2D eigenvalue weighted by molar-refractivity contribution is 1.35. The summed E-state index contributed by atoms with van der Waals surface area (Å²) in [6.07, 6.45) is 0. The molecule has 0 spiro atoms. The highest BCUT2D eigenvalue weighted by atomic mass is 79.9. The maximum atomic E-state index is 5.81. The third kappa shape index (κ3) is 1.17. The predicted molar refractivity (Wildman–Crippen MR) is 53.2 cm³/mol. The fraction of sp³-hybridized carbons (Fsp3) is 0. The molecule has 0 fully saturated rings. The standard InChI is InChI=1S/C7H5BrClN3/c8-4-1-3(9)2-5-6(4)12-7(10)11-5/h1-2H,(H3,10,11,12). The van der Waals surface area contributed by atoms with Crippen molar-refractivity contribution in [1.29, 1.82) is 0 Å². The van der Waals surface area contributed by atoms with Crippen LogP contribution in [0.25, 0.3) is 11.0 Å². The van der Waals surface area contributed by atoms with Crippen LogP contribution in [0, 0.1) is 0 Å². The second-order valence-corrected chi connectivity index (χ2v) is 3.70. The number of nitrogen functional groups attached to an aromatic ring is 1. The molecule has 12 heavy (non-hydrogen) atoms. The van der Waals surface area contributed by atoms with E-state index in [0.29, 0.717) is 11.0 Å². The van der Waals surface area contributed by atoms with Gasteiger partial charge < -0.3 is 10.7 Å². The zero-order valence-corrected chi connectivity index (χ0v) is 8.28. The van der Waals surface area contributed by atoms with Crippen molar-refractivity contribution in [3.05, 3.63) is 21.6 Å². The number of nitrogens with zero attached hydrogens (tertiary/aromatic N) is 1. The Balaban J connectivity index is 2.88. The average Bonchev–Trinajstić information content (AvgIpc) is 2.29. The quantitative estimate of drug-likeness (QED) is 0.750. The molecular weight excluding hydrogens is 241 g/mol. The average molecular weight is 246 g/mol. The number of nitrogens with one attached hydrogen (secondary N) is 1. The first kappa shape index (κ1) is 7.89. The minimum Gasteiger partial charge on any atom is -0.369 e. The zero-order chi connectivity index (χ0) is 8.72. The molecule has 0 amide bonds. The van der Waals surface area contributed by atoms with Gasteiger partial charge in [0.25, 0.3) is 0 Å². The molecule has 1 heterocycles. The van der Waals surface area contributed by atoms with Crippen molar-refractivity contribution < 1.29 is 0 Å². The maximum absolute atomic E-state index is 5.81. The molecule has 62 valence electrons. The van der Waals surface area contributed by atoms with Crippen LogP contribution < -0.4 is 5.73 Å². The van der Waals surface area contributed by atoms with Crippen molar-refractivity contribution >= 4 is 44.5 Å². The van der Waals surface area contributed by atoms with Gasteiger partial charge in [-0.1, -0.05) is 11.6 Å². The Morgan fingerprint density at radius 1 is 1.50 bits per heavy atom. The van der Waals surface area contributed by atoms with Crippen LogP contribution in [0.1, 0.15) is 0 Å². The fourth-order valence-corrected chi connectivity index (χ4v) is 1.96. The molecule has 0 aliphatic carbocycles. The number of benzene rings is 1. The van der Waals surface area contributed by atoms with E-state index in [9.17, 15) is 0 Å². The van der Waals surface area contributed by atoms with Crippen LogP contribution in [-0.2, 0) is 0 Å². The van der Waals surface area contributed by atoms with E-state index in [2.05, 4.69) is 25.9 Å². The lowest BCUT2D eigenvalue weighted by Crippen LogP contribution is -1.84. The number of hydrogen-bond donors (Lipinski definition) is 2.